The lowest BCUT2D eigenvalue weighted by Gasteiger charge is -2.17. The number of nitrogens with zero attached hydrogens (tertiary/aromatic N) is 3. The fourth-order valence-electron chi connectivity index (χ4n) is 4.45. The fraction of sp³-hybridized carbons (Fsp3) is 0.379. The smallest absolute Gasteiger partial charge is 0.229 e. The highest BCUT2D eigenvalue weighted by molar-refractivity contribution is 5.63. The van der Waals surface area contributed by atoms with Gasteiger partial charge in [0.25, 0.3) is 0 Å². The van der Waals surface area contributed by atoms with Crippen LogP contribution in [0.5, 0.6) is 5.75 Å². The Morgan fingerprint density at radius 2 is 1.76 bits per heavy atom. The van der Waals surface area contributed by atoms with Crippen LogP contribution >= 0.6 is 0 Å². The number of fused-ring (bicyclic) bond motifs is 6. The van der Waals surface area contributed by atoms with E-state index < -0.39 is 0 Å². The number of aromatic nitrogens is 2. The number of hydrogen-bond acceptors (Lipinski definition) is 8. The molecule has 194 valence electrons. The molecule has 0 amide bonds. The molecular formula is C29H35N5O3. The first kappa shape index (κ1) is 25.2. The molecular weight excluding hydrogens is 466 g/mol. The third-order valence-electron chi connectivity index (χ3n) is 6.46. The lowest BCUT2D eigenvalue weighted by atomic mass is 10.2. The van der Waals surface area contributed by atoms with Crippen molar-refractivity contribution in [2.75, 3.05) is 50.1 Å². The van der Waals surface area contributed by atoms with Gasteiger partial charge in [-0.2, -0.15) is 4.98 Å². The number of likely N-dealkylation sites (tertiary alicyclic amines) is 1. The van der Waals surface area contributed by atoms with Gasteiger partial charge in [0, 0.05) is 35.2 Å². The maximum Gasteiger partial charge on any atom is 0.229 e. The molecule has 3 heterocycles. The monoisotopic (exact) mass is 501 g/mol. The molecule has 0 saturated carbocycles. The minimum Gasteiger partial charge on any atom is -0.492 e. The number of hydrogen-bond donors (Lipinski definition) is 2. The zero-order chi connectivity index (χ0) is 25.3. The van der Waals surface area contributed by atoms with Gasteiger partial charge in [-0.1, -0.05) is 24.3 Å². The molecule has 0 aliphatic carbocycles. The van der Waals surface area contributed by atoms with E-state index in [4.69, 9.17) is 19.2 Å². The standard InChI is InChI=1S/C29H35N5O3/c1-22-19-30-29-32-26-9-10-27(37-16-13-34-11-2-3-12-34)24(18-26)21-36-15-5-4-14-35-20-23-7-6-8-25(17-23)31-28(22)33-29/h4-10,17-19H,2-3,11-16,20-21H2,1H3,(H2,30,31,32,33)/b5-4+. The van der Waals surface area contributed by atoms with Crippen LogP contribution in [-0.4, -0.2) is 54.3 Å². The first-order valence-electron chi connectivity index (χ1n) is 13.0. The van der Waals surface area contributed by atoms with Crippen molar-refractivity contribution in [3.05, 3.63) is 77.5 Å². The Kier molecular flexibility index (Phi) is 8.63. The molecule has 0 radical (unpaired) electrons. The number of benzene rings is 2. The third-order valence-corrected chi connectivity index (χ3v) is 6.46. The largest absolute Gasteiger partial charge is 0.492 e. The Morgan fingerprint density at radius 1 is 0.946 bits per heavy atom. The Bertz CT molecular complexity index is 1210. The van der Waals surface area contributed by atoms with E-state index >= 15 is 0 Å². The second-order valence-corrected chi connectivity index (χ2v) is 9.40. The van der Waals surface area contributed by atoms with Crippen molar-refractivity contribution in [1.82, 2.24) is 14.9 Å². The molecule has 2 N–H and O–H groups in total. The van der Waals surface area contributed by atoms with E-state index in [0.717, 1.165) is 59.3 Å². The summed E-state index contributed by atoms with van der Waals surface area (Å²) in [5.41, 5.74) is 4.86. The SMILES string of the molecule is Cc1cnc2nc1Nc1cccc(c1)COC/C=C/COCc1cc(ccc1OCCN1CCCC1)N2. The van der Waals surface area contributed by atoms with Gasteiger partial charge in [0.05, 0.1) is 26.4 Å². The predicted octanol–water partition coefficient (Wildman–Crippen LogP) is 5.35. The third kappa shape index (κ3) is 7.29. The van der Waals surface area contributed by atoms with Gasteiger partial charge in [0.1, 0.15) is 18.2 Å². The van der Waals surface area contributed by atoms with Crippen molar-refractivity contribution in [3.63, 3.8) is 0 Å². The molecule has 1 saturated heterocycles. The minimum atomic E-state index is 0.438. The number of aryl methyl sites for hydroxylation is 1. The van der Waals surface area contributed by atoms with E-state index in [2.05, 4.69) is 32.7 Å². The highest BCUT2D eigenvalue weighted by atomic mass is 16.5. The van der Waals surface area contributed by atoms with Crippen molar-refractivity contribution in [2.45, 2.75) is 33.0 Å². The van der Waals surface area contributed by atoms with Gasteiger partial charge in [0.2, 0.25) is 5.95 Å². The lowest BCUT2D eigenvalue weighted by molar-refractivity contribution is 0.138. The molecule has 2 aromatic carbocycles. The summed E-state index contributed by atoms with van der Waals surface area (Å²) in [5.74, 6) is 2.11. The van der Waals surface area contributed by atoms with E-state index in [-0.39, 0.29) is 0 Å². The number of rotatable bonds is 4. The molecule has 0 spiro atoms. The topological polar surface area (TPSA) is 80.8 Å². The molecule has 37 heavy (non-hydrogen) atoms. The first-order chi connectivity index (χ1) is 18.2. The number of anilines is 4. The predicted molar refractivity (Wildman–Crippen MR) is 146 cm³/mol. The normalized spacial score (nSPS) is 17.5. The van der Waals surface area contributed by atoms with Crippen LogP contribution in [0.25, 0.3) is 0 Å². The highest BCUT2D eigenvalue weighted by Crippen LogP contribution is 2.27. The molecule has 3 aromatic rings. The van der Waals surface area contributed by atoms with E-state index in [1.807, 2.05) is 55.6 Å². The molecule has 5 rings (SSSR count). The summed E-state index contributed by atoms with van der Waals surface area (Å²) in [6.07, 6.45) is 8.36. The number of nitrogens with one attached hydrogen (secondary N) is 2. The molecule has 2 aliphatic rings. The molecule has 1 fully saturated rings. The number of ether oxygens (including phenoxy) is 3. The second kappa shape index (κ2) is 12.7. The summed E-state index contributed by atoms with van der Waals surface area (Å²) < 4.78 is 17.9. The summed E-state index contributed by atoms with van der Waals surface area (Å²) >= 11 is 0. The van der Waals surface area contributed by atoms with E-state index in [1.165, 1.54) is 12.8 Å². The van der Waals surface area contributed by atoms with E-state index in [1.54, 1.807) is 0 Å². The van der Waals surface area contributed by atoms with Crippen LogP contribution in [0.4, 0.5) is 23.1 Å². The second-order valence-electron chi connectivity index (χ2n) is 9.40. The molecule has 8 nitrogen and oxygen atoms in total. The van der Waals surface area contributed by atoms with Gasteiger partial charge in [-0.3, -0.25) is 4.90 Å². The van der Waals surface area contributed by atoms with Crippen molar-refractivity contribution >= 4 is 23.1 Å². The van der Waals surface area contributed by atoms with Crippen LogP contribution in [0.15, 0.2) is 60.8 Å². The van der Waals surface area contributed by atoms with Gasteiger partial charge in [0.15, 0.2) is 0 Å². The zero-order valence-corrected chi connectivity index (χ0v) is 21.4. The van der Waals surface area contributed by atoms with Crippen LogP contribution in [0.3, 0.4) is 0 Å². The van der Waals surface area contributed by atoms with Crippen molar-refractivity contribution < 1.29 is 14.2 Å². The summed E-state index contributed by atoms with van der Waals surface area (Å²) in [7, 11) is 0. The van der Waals surface area contributed by atoms with Gasteiger partial charge >= 0.3 is 0 Å². The van der Waals surface area contributed by atoms with Gasteiger partial charge < -0.3 is 24.8 Å². The Morgan fingerprint density at radius 3 is 2.62 bits per heavy atom. The molecule has 2 aliphatic heterocycles. The van der Waals surface area contributed by atoms with Crippen molar-refractivity contribution in [3.8, 4) is 5.75 Å². The van der Waals surface area contributed by atoms with Gasteiger partial charge in [-0.05, 0) is 68.8 Å². The van der Waals surface area contributed by atoms with Crippen LogP contribution in [0.2, 0.25) is 0 Å². The lowest BCUT2D eigenvalue weighted by Crippen LogP contribution is -2.25. The van der Waals surface area contributed by atoms with Crippen molar-refractivity contribution in [1.29, 1.82) is 0 Å². The Labute approximate surface area is 218 Å². The average Bonchev–Trinajstić information content (AvgIpc) is 3.42. The van der Waals surface area contributed by atoms with Crippen LogP contribution in [0.1, 0.15) is 29.5 Å². The fourth-order valence-corrected chi connectivity index (χ4v) is 4.45. The molecule has 0 atom stereocenters. The first-order valence-corrected chi connectivity index (χ1v) is 13.0. The summed E-state index contributed by atoms with van der Waals surface area (Å²) in [4.78, 5) is 11.7. The Hall–Kier alpha value is -3.46. The maximum atomic E-state index is 6.18. The highest BCUT2D eigenvalue weighted by Gasteiger charge is 2.13. The summed E-state index contributed by atoms with van der Waals surface area (Å²) in [5, 5.41) is 6.77. The Balaban J connectivity index is 1.36. The molecule has 8 heteroatoms. The van der Waals surface area contributed by atoms with Gasteiger partial charge in [-0.25, -0.2) is 4.98 Å². The summed E-state index contributed by atoms with van der Waals surface area (Å²) in [6, 6.07) is 14.2. The maximum absolute atomic E-state index is 6.18. The quantitative estimate of drug-likeness (QED) is 0.463. The van der Waals surface area contributed by atoms with Crippen molar-refractivity contribution in [2.24, 2.45) is 0 Å². The average molecular weight is 502 g/mol. The van der Waals surface area contributed by atoms with Crippen LogP contribution in [-0.2, 0) is 22.7 Å². The minimum absolute atomic E-state index is 0.438. The van der Waals surface area contributed by atoms with Crippen LogP contribution in [0, 0.1) is 6.92 Å². The molecule has 0 unspecified atom stereocenters. The van der Waals surface area contributed by atoms with E-state index in [0.29, 0.717) is 39.0 Å². The summed E-state index contributed by atoms with van der Waals surface area (Å²) in [6.45, 7) is 7.91. The zero-order valence-electron chi connectivity index (χ0n) is 21.4. The van der Waals surface area contributed by atoms with Gasteiger partial charge in [-0.15, -0.1) is 0 Å². The molecule has 1 aromatic heterocycles. The van der Waals surface area contributed by atoms with Crippen LogP contribution < -0.4 is 15.4 Å². The molecule has 6 bridgehead atoms. The van der Waals surface area contributed by atoms with E-state index in [9.17, 15) is 0 Å².